The van der Waals surface area contributed by atoms with Gasteiger partial charge in [-0.2, -0.15) is 0 Å². The highest BCUT2D eigenvalue weighted by atomic mass is 32.2. The smallest absolute Gasteiger partial charge is 0.256 e. The van der Waals surface area contributed by atoms with Gasteiger partial charge in [0.2, 0.25) is 0 Å². The van der Waals surface area contributed by atoms with E-state index in [-0.39, 0.29) is 5.56 Å². The first-order valence-corrected chi connectivity index (χ1v) is 11.9. The molecule has 0 saturated heterocycles. The van der Waals surface area contributed by atoms with E-state index in [0.29, 0.717) is 5.92 Å². The maximum Gasteiger partial charge on any atom is 0.256 e. The second kappa shape index (κ2) is 8.69. The zero-order valence-corrected chi connectivity index (χ0v) is 18.0. The Hall–Kier alpha value is -2.52. The number of H-pyrrole nitrogens is 1. The summed E-state index contributed by atoms with van der Waals surface area (Å²) in [6, 6.07) is 22.8. The van der Waals surface area contributed by atoms with Gasteiger partial charge in [0.15, 0.2) is 0 Å². The Morgan fingerprint density at radius 2 is 1.60 bits per heavy atom. The van der Waals surface area contributed by atoms with E-state index in [1.54, 1.807) is 0 Å². The van der Waals surface area contributed by atoms with E-state index < -0.39 is 0 Å². The minimum absolute atomic E-state index is 0.0306. The molecule has 2 nitrogen and oxygen atoms in total. The number of nitrogens with one attached hydrogen (secondary N) is 1. The zero-order valence-electron chi connectivity index (χ0n) is 17.1. The van der Waals surface area contributed by atoms with Crippen LogP contribution in [0.4, 0.5) is 0 Å². The summed E-state index contributed by atoms with van der Waals surface area (Å²) in [5.41, 5.74) is 4.89. The number of rotatable bonds is 6. The first kappa shape index (κ1) is 19.4. The fourth-order valence-corrected chi connectivity index (χ4v) is 5.32. The summed E-state index contributed by atoms with van der Waals surface area (Å²) in [6.45, 7) is 0. The minimum Gasteiger partial charge on any atom is -0.321 e. The van der Waals surface area contributed by atoms with E-state index in [4.69, 9.17) is 0 Å². The Kier molecular flexibility index (Phi) is 5.63. The lowest BCUT2D eigenvalue weighted by Gasteiger charge is -2.13. The minimum atomic E-state index is -0.0306. The highest BCUT2D eigenvalue weighted by Crippen LogP contribution is 2.39. The summed E-state index contributed by atoms with van der Waals surface area (Å²) in [5.74, 6) is 0.595. The molecule has 0 amide bonds. The monoisotopic (exact) mass is 413 g/mol. The summed E-state index contributed by atoms with van der Waals surface area (Å²) in [7, 11) is 0. The lowest BCUT2D eigenvalue weighted by molar-refractivity contribution is 0.687. The third kappa shape index (κ3) is 4.46. The summed E-state index contributed by atoms with van der Waals surface area (Å²) < 4.78 is 0. The van der Waals surface area contributed by atoms with Gasteiger partial charge in [0, 0.05) is 27.0 Å². The molecular formula is C27H27NOS. The third-order valence-corrected chi connectivity index (χ3v) is 7.43. The lowest BCUT2D eigenvalue weighted by atomic mass is 9.95. The highest BCUT2D eigenvalue weighted by Gasteiger charge is 2.22. The van der Waals surface area contributed by atoms with Gasteiger partial charge >= 0.3 is 0 Å². The standard InChI is InChI=1S/C27H27NOS/c29-27-24(20-8-2-1-3-9-20)16-17-26(28-27)25(18-19-6-4-5-7-19)21-10-12-22(13-11-21)30-23-14-15-23/h1-3,8-13,16-19,23H,4-7,14-15H2,(H,28,29). The number of pyridine rings is 1. The molecule has 0 aliphatic heterocycles. The normalized spacial score (nSPS) is 17.4. The van der Waals surface area contributed by atoms with Crippen LogP contribution in [0.15, 0.2) is 82.5 Å². The second-order valence-corrected chi connectivity index (χ2v) is 9.82. The molecule has 0 bridgehead atoms. The van der Waals surface area contributed by atoms with Gasteiger partial charge in [0.1, 0.15) is 0 Å². The molecule has 0 atom stereocenters. The van der Waals surface area contributed by atoms with Crippen LogP contribution in [-0.2, 0) is 0 Å². The van der Waals surface area contributed by atoms with Crippen LogP contribution in [0.5, 0.6) is 0 Å². The summed E-state index contributed by atoms with van der Waals surface area (Å²) >= 11 is 1.98. The van der Waals surface area contributed by atoms with Crippen molar-refractivity contribution in [1.29, 1.82) is 0 Å². The molecule has 3 heteroatoms. The molecule has 1 aromatic heterocycles. The van der Waals surface area contributed by atoms with E-state index in [1.807, 2.05) is 48.2 Å². The first-order valence-electron chi connectivity index (χ1n) is 11.0. The lowest BCUT2D eigenvalue weighted by Crippen LogP contribution is -2.11. The SMILES string of the molecule is O=c1[nH]c(C(=CC2CCCC2)c2ccc(SC3CC3)cc2)ccc1-c1ccccc1. The molecule has 1 N–H and O–H groups in total. The molecule has 0 radical (unpaired) electrons. The molecule has 2 saturated carbocycles. The molecule has 2 aromatic carbocycles. The van der Waals surface area contributed by atoms with Crippen LogP contribution in [0, 0.1) is 5.92 Å². The quantitative estimate of drug-likeness (QED) is 0.476. The number of aromatic nitrogens is 1. The fraction of sp³-hybridized carbons (Fsp3) is 0.296. The number of thioether (sulfide) groups is 1. The number of hydrogen-bond donors (Lipinski definition) is 1. The number of hydrogen-bond acceptors (Lipinski definition) is 2. The molecule has 152 valence electrons. The average molecular weight is 414 g/mol. The van der Waals surface area contributed by atoms with Gasteiger partial charge in [0.05, 0.1) is 0 Å². The molecular weight excluding hydrogens is 386 g/mol. The molecule has 0 spiro atoms. The van der Waals surface area contributed by atoms with E-state index in [0.717, 1.165) is 27.6 Å². The molecule has 30 heavy (non-hydrogen) atoms. The second-order valence-electron chi connectivity index (χ2n) is 8.45. The number of aromatic amines is 1. The Morgan fingerprint density at radius 3 is 2.27 bits per heavy atom. The number of benzene rings is 2. The number of allylic oxidation sites excluding steroid dienone is 1. The van der Waals surface area contributed by atoms with Crippen LogP contribution < -0.4 is 5.56 Å². The van der Waals surface area contributed by atoms with Crippen molar-refractivity contribution < 1.29 is 0 Å². The van der Waals surface area contributed by atoms with Gasteiger partial charge in [-0.3, -0.25) is 4.79 Å². The summed E-state index contributed by atoms with van der Waals surface area (Å²) in [5, 5.41) is 0.811. The molecule has 2 aliphatic carbocycles. The van der Waals surface area contributed by atoms with Crippen molar-refractivity contribution in [3.05, 3.63) is 94.4 Å². The van der Waals surface area contributed by atoms with E-state index in [9.17, 15) is 4.79 Å². The van der Waals surface area contributed by atoms with E-state index >= 15 is 0 Å². The molecule has 2 fully saturated rings. The van der Waals surface area contributed by atoms with E-state index in [1.165, 1.54) is 49.0 Å². The summed E-state index contributed by atoms with van der Waals surface area (Å²) in [4.78, 5) is 17.4. The average Bonchev–Trinajstić information content (AvgIpc) is 3.44. The van der Waals surface area contributed by atoms with Crippen molar-refractivity contribution in [2.45, 2.75) is 48.7 Å². The van der Waals surface area contributed by atoms with Crippen LogP contribution in [-0.4, -0.2) is 10.2 Å². The van der Waals surface area contributed by atoms with E-state index in [2.05, 4.69) is 41.4 Å². The third-order valence-electron chi connectivity index (χ3n) is 6.08. The Labute approximate surface area is 182 Å². The van der Waals surface area contributed by atoms with Crippen LogP contribution >= 0.6 is 11.8 Å². The van der Waals surface area contributed by atoms with Crippen LogP contribution in [0.1, 0.15) is 49.8 Å². The van der Waals surface area contributed by atoms with Gasteiger partial charge in [-0.1, -0.05) is 61.4 Å². The van der Waals surface area contributed by atoms with Crippen molar-refractivity contribution >= 4 is 17.3 Å². The van der Waals surface area contributed by atoms with Crippen LogP contribution in [0.25, 0.3) is 16.7 Å². The van der Waals surface area contributed by atoms with Gasteiger partial charge in [0.25, 0.3) is 5.56 Å². The van der Waals surface area contributed by atoms with Crippen molar-refractivity contribution in [1.82, 2.24) is 4.98 Å². The summed E-state index contributed by atoms with van der Waals surface area (Å²) in [6.07, 6.45) is 10.2. The van der Waals surface area contributed by atoms with Crippen molar-refractivity contribution in [3.8, 4) is 11.1 Å². The largest absolute Gasteiger partial charge is 0.321 e. The maximum absolute atomic E-state index is 12.9. The molecule has 0 unspecified atom stereocenters. The van der Waals surface area contributed by atoms with Crippen molar-refractivity contribution in [3.63, 3.8) is 0 Å². The fourth-order valence-electron chi connectivity index (χ4n) is 4.27. The van der Waals surface area contributed by atoms with Crippen LogP contribution in [0.3, 0.4) is 0 Å². The van der Waals surface area contributed by atoms with Gasteiger partial charge < -0.3 is 4.98 Å². The molecule has 1 heterocycles. The molecule has 3 aromatic rings. The van der Waals surface area contributed by atoms with Gasteiger partial charge in [-0.25, -0.2) is 0 Å². The van der Waals surface area contributed by atoms with Gasteiger partial charge in [-0.15, -0.1) is 11.8 Å². The van der Waals surface area contributed by atoms with Crippen molar-refractivity contribution in [2.24, 2.45) is 5.92 Å². The zero-order chi connectivity index (χ0) is 20.3. The predicted molar refractivity (Wildman–Crippen MR) is 127 cm³/mol. The highest BCUT2D eigenvalue weighted by molar-refractivity contribution is 8.00. The predicted octanol–water partition coefficient (Wildman–Crippen LogP) is 6.92. The van der Waals surface area contributed by atoms with Crippen molar-refractivity contribution in [2.75, 3.05) is 0 Å². The Morgan fingerprint density at radius 1 is 0.867 bits per heavy atom. The Bertz CT molecular complexity index is 1090. The molecule has 5 rings (SSSR count). The topological polar surface area (TPSA) is 32.9 Å². The maximum atomic E-state index is 12.9. The Balaban J connectivity index is 1.50. The van der Waals surface area contributed by atoms with Gasteiger partial charge in [-0.05, 0) is 67.0 Å². The first-order chi connectivity index (χ1) is 14.8. The van der Waals surface area contributed by atoms with Crippen LogP contribution in [0.2, 0.25) is 0 Å². The molecule has 2 aliphatic rings.